The second-order valence-electron chi connectivity index (χ2n) is 9.39. The van der Waals surface area contributed by atoms with E-state index in [2.05, 4.69) is 34.6 Å². The minimum absolute atomic E-state index is 0.0464. The molecule has 0 radical (unpaired) electrons. The number of likely N-dealkylation sites (N-methyl/N-ethyl adjacent to an activating group) is 2. The van der Waals surface area contributed by atoms with Crippen molar-refractivity contribution < 1.29 is 14.4 Å². The molecule has 0 fully saturated rings. The number of amidine groups is 1. The van der Waals surface area contributed by atoms with Gasteiger partial charge in [0.2, 0.25) is 5.91 Å². The summed E-state index contributed by atoms with van der Waals surface area (Å²) in [5.74, 6) is 0.572. The van der Waals surface area contributed by atoms with Gasteiger partial charge in [0.05, 0.1) is 12.8 Å². The van der Waals surface area contributed by atoms with Gasteiger partial charge in [-0.15, -0.1) is 0 Å². The summed E-state index contributed by atoms with van der Waals surface area (Å²) in [4.78, 5) is 43.4. The van der Waals surface area contributed by atoms with Gasteiger partial charge in [-0.3, -0.25) is 19.4 Å². The molecule has 0 saturated heterocycles. The van der Waals surface area contributed by atoms with Crippen molar-refractivity contribution in [3.63, 3.8) is 0 Å². The first kappa shape index (κ1) is 29.4. The van der Waals surface area contributed by atoms with E-state index in [-0.39, 0.29) is 18.4 Å². The molecule has 1 aliphatic heterocycles. The number of rotatable bonds is 11. The minimum atomic E-state index is -0.193. The lowest BCUT2D eigenvalue weighted by molar-refractivity contribution is -0.129. The molecule has 1 aliphatic rings. The van der Waals surface area contributed by atoms with Crippen molar-refractivity contribution in [1.29, 1.82) is 0 Å². The van der Waals surface area contributed by atoms with E-state index < -0.39 is 0 Å². The second-order valence-corrected chi connectivity index (χ2v) is 9.39. The average Bonchev–Trinajstić information content (AvgIpc) is 3.14. The molecule has 2 aromatic carbocycles. The maximum atomic E-state index is 13.4. The van der Waals surface area contributed by atoms with Crippen LogP contribution in [0.15, 0.2) is 52.1 Å². The monoisotopic (exact) mass is 530 g/mol. The lowest BCUT2D eigenvalue weighted by atomic mass is 9.98. The first-order chi connectivity index (χ1) is 18.8. The summed E-state index contributed by atoms with van der Waals surface area (Å²) >= 11 is 0. The third kappa shape index (κ3) is 7.48. The van der Waals surface area contributed by atoms with E-state index in [1.54, 1.807) is 27.2 Å². The van der Waals surface area contributed by atoms with Crippen LogP contribution in [0.1, 0.15) is 54.6 Å². The molecular weight excluding hydrogens is 492 g/mol. The molecule has 0 aliphatic carbocycles. The van der Waals surface area contributed by atoms with Crippen LogP contribution in [0.2, 0.25) is 0 Å². The topological polar surface area (TPSA) is 106 Å². The van der Waals surface area contributed by atoms with Gasteiger partial charge in [-0.2, -0.15) is 5.10 Å². The fourth-order valence-electron chi connectivity index (χ4n) is 4.37. The van der Waals surface area contributed by atoms with E-state index >= 15 is 0 Å². The van der Waals surface area contributed by atoms with Crippen LogP contribution in [0.5, 0.6) is 0 Å². The number of aldehydes is 1. The third-order valence-corrected chi connectivity index (χ3v) is 6.44. The van der Waals surface area contributed by atoms with Crippen LogP contribution in [0.4, 0.5) is 5.69 Å². The normalized spacial score (nSPS) is 13.9. The number of carbonyl (C=O) groups is 3. The highest BCUT2D eigenvalue weighted by Crippen LogP contribution is 2.31. The summed E-state index contributed by atoms with van der Waals surface area (Å²) in [7, 11) is 4.98. The largest absolute Gasteiger partial charge is 0.343 e. The highest BCUT2D eigenvalue weighted by Gasteiger charge is 2.22. The fraction of sp³-hybridized carbons (Fsp3) is 0.367. The van der Waals surface area contributed by atoms with Crippen LogP contribution < -0.4 is 10.6 Å². The van der Waals surface area contributed by atoms with Gasteiger partial charge in [0, 0.05) is 56.0 Å². The van der Waals surface area contributed by atoms with E-state index in [1.165, 1.54) is 11.2 Å². The Kier molecular flexibility index (Phi) is 10.7. The summed E-state index contributed by atoms with van der Waals surface area (Å²) in [6, 6.07) is 11.5. The van der Waals surface area contributed by atoms with Gasteiger partial charge < -0.3 is 15.5 Å². The Bertz CT molecular complexity index is 1290. The summed E-state index contributed by atoms with van der Waals surface area (Å²) in [6.45, 7) is 5.77. The summed E-state index contributed by atoms with van der Waals surface area (Å²) < 4.78 is 0. The Labute approximate surface area is 230 Å². The van der Waals surface area contributed by atoms with Crippen molar-refractivity contribution in [2.24, 2.45) is 10.1 Å². The Morgan fingerprint density at radius 2 is 1.74 bits per heavy atom. The fourth-order valence-corrected chi connectivity index (χ4v) is 4.37. The van der Waals surface area contributed by atoms with Crippen molar-refractivity contribution in [2.45, 2.75) is 33.1 Å². The average molecular weight is 531 g/mol. The van der Waals surface area contributed by atoms with Gasteiger partial charge in [-0.25, -0.2) is 5.01 Å². The van der Waals surface area contributed by atoms with Crippen LogP contribution in [-0.2, 0) is 9.59 Å². The number of aliphatic imine (C=N–C) groups is 1. The van der Waals surface area contributed by atoms with Gasteiger partial charge in [0.1, 0.15) is 5.84 Å². The van der Waals surface area contributed by atoms with Crippen LogP contribution in [0, 0.1) is 0 Å². The number of benzene rings is 2. The molecule has 2 N–H and O–H groups in total. The first-order valence-electron chi connectivity index (χ1n) is 13.3. The van der Waals surface area contributed by atoms with Gasteiger partial charge >= 0.3 is 0 Å². The van der Waals surface area contributed by atoms with Gasteiger partial charge in [0.25, 0.3) is 5.91 Å². The van der Waals surface area contributed by atoms with E-state index in [1.807, 2.05) is 41.3 Å². The molecule has 2 aromatic rings. The maximum absolute atomic E-state index is 13.4. The molecule has 0 aromatic heterocycles. The highest BCUT2D eigenvalue weighted by molar-refractivity contribution is 6.10. The lowest BCUT2D eigenvalue weighted by Crippen LogP contribution is -2.34. The van der Waals surface area contributed by atoms with Crippen LogP contribution in [-0.4, -0.2) is 80.8 Å². The lowest BCUT2D eigenvalue weighted by Gasteiger charge is -2.22. The third-order valence-electron chi connectivity index (χ3n) is 6.44. The summed E-state index contributed by atoms with van der Waals surface area (Å²) in [5.41, 5.74) is 5.34. The molecule has 3 rings (SSSR count). The van der Waals surface area contributed by atoms with Crippen LogP contribution in [0.3, 0.4) is 0 Å². The molecule has 9 nitrogen and oxygen atoms in total. The van der Waals surface area contributed by atoms with Gasteiger partial charge in [-0.05, 0) is 54.8 Å². The number of hydrogen-bond acceptors (Lipinski definition) is 6. The van der Waals surface area contributed by atoms with Crippen molar-refractivity contribution in [3.05, 3.63) is 58.7 Å². The zero-order chi connectivity index (χ0) is 28.4. The first-order valence-corrected chi connectivity index (χ1v) is 13.3. The number of carbonyl (C=O) groups excluding carboxylic acids is 3. The Morgan fingerprint density at radius 1 is 1.05 bits per heavy atom. The van der Waals surface area contributed by atoms with Crippen molar-refractivity contribution in [2.75, 3.05) is 46.1 Å². The van der Waals surface area contributed by atoms with E-state index in [0.29, 0.717) is 23.1 Å². The standard InChI is InChI=1S/C30H38N6O3/c1-6-12-36(13-7-2)30(39)25-15-23-10-8-22(16-27(23)34-28(17-25)32-4)21-9-11-24(20-37)26(14-21)18-33-35(5)29(38)19-31-3/h8-11,14-16,18,20,31H,6-7,12-13,17,19H2,1-5H3,(H,32,34)/b33-18-. The van der Waals surface area contributed by atoms with Gasteiger partial charge in [0.15, 0.2) is 6.29 Å². The van der Waals surface area contributed by atoms with Crippen molar-refractivity contribution >= 4 is 41.9 Å². The van der Waals surface area contributed by atoms with E-state index in [4.69, 9.17) is 0 Å². The molecule has 0 unspecified atom stereocenters. The second kappa shape index (κ2) is 14.2. The molecule has 0 saturated carbocycles. The van der Waals surface area contributed by atoms with Crippen LogP contribution >= 0.6 is 0 Å². The molecule has 206 valence electrons. The Hall–Kier alpha value is -4.11. The van der Waals surface area contributed by atoms with E-state index in [9.17, 15) is 14.4 Å². The molecule has 9 heteroatoms. The molecule has 0 atom stereocenters. The predicted molar refractivity (Wildman–Crippen MR) is 158 cm³/mol. The zero-order valence-electron chi connectivity index (χ0n) is 23.5. The predicted octanol–water partition coefficient (Wildman–Crippen LogP) is 4.05. The number of anilines is 1. The smallest absolute Gasteiger partial charge is 0.256 e. The summed E-state index contributed by atoms with van der Waals surface area (Å²) in [5, 5.41) is 11.7. The minimum Gasteiger partial charge on any atom is -0.343 e. The number of fused-ring (bicyclic) bond motifs is 1. The van der Waals surface area contributed by atoms with Crippen molar-refractivity contribution in [3.8, 4) is 11.1 Å². The zero-order valence-corrected chi connectivity index (χ0v) is 23.5. The number of hydrazone groups is 1. The van der Waals surface area contributed by atoms with Gasteiger partial charge in [-0.1, -0.05) is 38.1 Å². The molecule has 0 spiro atoms. The number of nitrogens with zero attached hydrogens (tertiary/aromatic N) is 4. The Morgan fingerprint density at radius 3 is 2.38 bits per heavy atom. The molecular formula is C30H38N6O3. The number of nitrogens with one attached hydrogen (secondary N) is 2. The molecule has 1 heterocycles. The maximum Gasteiger partial charge on any atom is 0.256 e. The SMILES string of the molecule is CCCN(CCC)C(=O)C1=Cc2ccc(-c3ccc(C=O)c(/C=N\N(C)C(=O)CNC)c3)cc2NC(=NC)C1. The summed E-state index contributed by atoms with van der Waals surface area (Å²) in [6.07, 6.45) is 6.48. The molecule has 0 bridgehead atoms. The number of hydrogen-bond donors (Lipinski definition) is 2. The van der Waals surface area contributed by atoms with E-state index in [0.717, 1.165) is 60.4 Å². The Balaban J connectivity index is 1.97. The number of amides is 2. The quantitative estimate of drug-likeness (QED) is 0.259. The van der Waals surface area contributed by atoms with Crippen molar-refractivity contribution in [1.82, 2.24) is 15.2 Å². The molecule has 2 amide bonds. The van der Waals surface area contributed by atoms with Crippen LogP contribution in [0.25, 0.3) is 17.2 Å². The highest BCUT2D eigenvalue weighted by atomic mass is 16.2. The molecule has 39 heavy (non-hydrogen) atoms.